The molecule has 0 aliphatic carbocycles. The first-order valence-electron chi connectivity index (χ1n) is 12.9. The van der Waals surface area contributed by atoms with Gasteiger partial charge in [-0.1, -0.05) is 42.5 Å². The largest absolute Gasteiger partial charge is 0.454 e. The van der Waals surface area contributed by atoms with E-state index in [1.54, 1.807) is 0 Å². The van der Waals surface area contributed by atoms with E-state index < -0.39 is 0 Å². The number of para-hydroxylation sites is 3. The Morgan fingerprint density at radius 1 is 0.462 bits per heavy atom. The van der Waals surface area contributed by atoms with Crippen molar-refractivity contribution in [2.45, 2.75) is 0 Å². The van der Waals surface area contributed by atoms with Crippen molar-refractivity contribution in [2.24, 2.45) is 0 Å². The number of hydrogen-bond donors (Lipinski definition) is 0. The molecule has 0 atom stereocenters. The lowest BCUT2D eigenvalue weighted by atomic mass is 10.1. The van der Waals surface area contributed by atoms with Crippen LogP contribution in [0, 0.1) is 0 Å². The molecule has 6 aromatic heterocycles. The molecule has 0 radical (unpaired) electrons. The average Bonchev–Trinajstić information content (AvgIpc) is 3.78. The van der Waals surface area contributed by atoms with Gasteiger partial charge in [0.2, 0.25) is 11.6 Å². The van der Waals surface area contributed by atoms with Crippen LogP contribution in [-0.4, -0.2) is 23.2 Å². The van der Waals surface area contributed by atoms with Crippen LogP contribution in [0.4, 0.5) is 0 Å². The van der Waals surface area contributed by atoms with Crippen molar-refractivity contribution in [3.05, 3.63) is 91.0 Å². The Morgan fingerprint density at radius 2 is 1.13 bits per heavy atom. The maximum atomic E-state index is 6.43. The standard InChI is InChI=1S/C32H15N5O2/c1-3-10-24-16(6-1)18-13-15-21-26(29(18)38-24)34-32-35(21)22-8-5-9-23-28(22)37(32)31-33-20-14-12-19-17-7-2-4-11-25(17)39-30(19)27(20)36(23)31/h1-15H. The highest BCUT2D eigenvalue weighted by Gasteiger charge is 2.26. The van der Waals surface area contributed by atoms with Crippen LogP contribution >= 0.6 is 0 Å². The van der Waals surface area contributed by atoms with Gasteiger partial charge in [-0.2, -0.15) is 0 Å². The van der Waals surface area contributed by atoms with E-state index in [1.165, 1.54) is 0 Å². The Bertz CT molecular complexity index is 2830. The summed E-state index contributed by atoms with van der Waals surface area (Å²) in [6.07, 6.45) is 0. The summed E-state index contributed by atoms with van der Waals surface area (Å²) < 4.78 is 19.4. The van der Waals surface area contributed by atoms with Gasteiger partial charge in [0, 0.05) is 21.5 Å². The lowest BCUT2D eigenvalue weighted by molar-refractivity contribution is 0.671. The summed E-state index contributed by atoms with van der Waals surface area (Å²) in [6, 6.07) is 31.2. The summed E-state index contributed by atoms with van der Waals surface area (Å²) in [5.41, 5.74) is 10.4. The van der Waals surface area contributed by atoms with Crippen molar-refractivity contribution in [2.75, 3.05) is 0 Å². The molecule has 39 heavy (non-hydrogen) atoms. The van der Waals surface area contributed by atoms with Crippen molar-refractivity contribution in [1.82, 2.24) is 23.2 Å². The molecule has 0 N–H and O–H groups in total. The van der Waals surface area contributed by atoms with Crippen molar-refractivity contribution in [3.8, 4) is 0 Å². The molecule has 0 amide bonds. The topological polar surface area (TPSA) is 65.3 Å². The molecule has 0 bridgehead atoms. The molecule has 11 rings (SSSR count). The number of nitrogens with zero attached hydrogens (tertiary/aromatic N) is 5. The molecule has 6 heterocycles. The number of aromatic nitrogens is 5. The second kappa shape index (κ2) is 5.95. The molecular formula is C32H15N5O2. The highest BCUT2D eigenvalue weighted by Crippen LogP contribution is 2.40. The van der Waals surface area contributed by atoms with E-state index in [0.29, 0.717) is 0 Å². The number of benzene rings is 5. The highest BCUT2D eigenvalue weighted by atomic mass is 16.3. The molecular weight excluding hydrogens is 486 g/mol. The second-order valence-corrected chi connectivity index (χ2v) is 10.3. The molecule has 0 spiro atoms. The van der Waals surface area contributed by atoms with Crippen LogP contribution in [0.15, 0.2) is 99.8 Å². The minimum Gasteiger partial charge on any atom is -0.454 e. The molecule has 0 unspecified atom stereocenters. The van der Waals surface area contributed by atoms with Crippen LogP contribution < -0.4 is 0 Å². The summed E-state index contributed by atoms with van der Waals surface area (Å²) in [6.45, 7) is 0. The van der Waals surface area contributed by atoms with E-state index in [9.17, 15) is 0 Å². The molecule has 0 saturated carbocycles. The fourth-order valence-electron chi connectivity index (χ4n) is 6.80. The predicted molar refractivity (Wildman–Crippen MR) is 153 cm³/mol. The van der Waals surface area contributed by atoms with Gasteiger partial charge in [0.15, 0.2) is 11.2 Å². The van der Waals surface area contributed by atoms with Gasteiger partial charge in [-0.3, -0.25) is 8.80 Å². The van der Waals surface area contributed by atoms with Crippen molar-refractivity contribution in [3.63, 3.8) is 0 Å². The van der Waals surface area contributed by atoms with Crippen LogP contribution in [-0.2, 0) is 0 Å². The monoisotopic (exact) mass is 501 g/mol. The van der Waals surface area contributed by atoms with Gasteiger partial charge < -0.3 is 8.83 Å². The third-order valence-corrected chi connectivity index (χ3v) is 8.39. The third kappa shape index (κ3) is 1.94. The quantitative estimate of drug-likeness (QED) is 0.212. The lowest BCUT2D eigenvalue weighted by Gasteiger charge is -1.98. The first-order chi connectivity index (χ1) is 19.3. The lowest BCUT2D eigenvalue weighted by Crippen LogP contribution is -1.87. The van der Waals surface area contributed by atoms with Gasteiger partial charge in [-0.15, -0.1) is 0 Å². The molecule has 0 saturated heterocycles. The van der Waals surface area contributed by atoms with E-state index in [-0.39, 0.29) is 0 Å². The summed E-state index contributed by atoms with van der Waals surface area (Å²) in [5, 5.41) is 4.37. The van der Waals surface area contributed by atoms with Crippen LogP contribution in [0.2, 0.25) is 0 Å². The summed E-state index contributed by atoms with van der Waals surface area (Å²) in [7, 11) is 0. The van der Waals surface area contributed by atoms with Gasteiger partial charge in [-0.25, -0.2) is 14.4 Å². The Labute approximate surface area is 217 Å². The van der Waals surface area contributed by atoms with E-state index in [0.717, 1.165) is 94.0 Å². The molecule has 0 aliphatic heterocycles. The van der Waals surface area contributed by atoms with Crippen molar-refractivity contribution >= 4 is 94.0 Å². The van der Waals surface area contributed by atoms with E-state index >= 15 is 0 Å². The first kappa shape index (κ1) is 18.6. The average molecular weight is 502 g/mol. The van der Waals surface area contributed by atoms with Crippen LogP contribution in [0.1, 0.15) is 0 Å². The number of imidazole rings is 4. The van der Waals surface area contributed by atoms with E-state index in [1.807, 2.05) is 36.4 Å². The van der Waals surface area contributed by atoms with Crippen LogP contribution in [0.5, 0.6) is 0 Å². The smallest absolute Gasteiger partial charge is 0.223 e. The molecule has 7 heteroatoms. The third-order valence-electron chi connectivity index (χ3n) is 8.39. The number of rotatable bonds is 0. The molecule has 7 nitrogen and oxygen atoms in total. The SMILES string of the molecule is c1ccc2c(c1)oc1c2ccc2c1nc1n2c2cccc3c2n1c1nc2ccc4c5ccccc5oc4c2n31. The fourth-order valence-corrected chi connectivity index (χ4v) is 6.80. The molecule has 180 valence electrons. The fraction of sp³-hybridized carbons (Fsp3) is 0. The first-order valence-corrected chi connectivity index (χ1v) is 12.9. The van der Waals surface area contributed by atoms with Gasteiger partial charge in [0.1, 0.15) is 27.7 Å². The van der Waals surface area contributed by atoms with Gasteiger partial charge >= 0.3 is 0 Å². The summed E-state index contributed by atoms with van der Waals surface area (Å²) in [5.74, 6) is 1.63. The second-order valence-electron chi connectivity index (χ2n) is 10.3. The minimum atomic E-state index is 0.810. The summed E-state index contributed by atoms with van der Waals surface area (Å²) in [4.78, 5) is 10.3. The van der Waals surface area contributed by atoms with Crippen LogP contribution in [0.25, 0.3) is 94.0 Å². The molecule has 0 fully saturated rings. The molecule has 11 aromatic rings. The summed E-state index contributed by atoms with van der Waals surface area (Å²) >= 11 is 0. The molecule has 0 aliphatic rings. The zero-order valence-corrected chi connectivity index (χ0v) is 20.2. The van der Waals surface area contributed by atoms with Gasteiger partial charge in [0.25, 0.3) is 0 Å². The zero-order valence-electron chi connectivity index (χ0n) is 20.2. The van der Waals surface area contributed by atoms with Gasteiger partial charge in [0.05, 0.1) is 22.1 Å². The Hall–Kier alpha value is -5.56. The number of hydrogen-bond acceptors (Lipinski definition) is 4. The predicted octanol–water partition coefficient (Wildman–Crippen LogP) is 7.93. The van der Waals surface area contributed by atoms with Crippen molar-refractivity contribution < 1.29 is 8.83 Å². The highest BCUT2D eigenvalue weighted by molar-refractivity contribution is 6.17. The maximum Gasteiger partial charge on any atom is 0.223 e. The number of furan rings is 2. The minimum absolute atomic E-state index is 0.810. The van der Waals surface area contributed by atoms with Crippen LogP contribution in [0.3, 0.4) is 0 Å². The number of fused-ring (bicyclic) bond motifs is 18. The Balaban J connectivity index is 1.38. The van der Waals surface area contributed by atoms with Gasteiger partial charge in [-0.05, 0) is 48.5 Å². The zero-order chi connectivity index (χ0) is 25.0. The van der Waals surface area contributed by atoms with E-state index in [4.69, 9.17) is 18.8 Å². The van der Waals surface area contributed by atoms with Crippen molar-refractivity contribution in [1.29, 1.82) is 0 Å². The maximum absolute atomic E-state index is 6.43. The Kier molecular flexibility index (Phi) is 2.84. The Morgan fingerprint density at radius 3 is 1.95 bits per heavy atom. The molecule has 5 aromatic carbocycles. The van der Waals surface area contributed by atoms with E-state index in [2.05, 4.69) is 67.8 Å². The normalized spacial score (nSPS) is 13.1.